The number of nitrogens with one attached hydrogen (secondary N) is 1. The lowest BCUT2D eigenvalue weighted by Crippen LogP contribution is -2.50. The zero-order valence-corrected chi connectivity index (χ0v) is 18.3. The highest BCUT2D eigenvalue weighted by Crippen LogP contribution is 2.20. The van der Waals surface area contributed by atoms with E-state index < -0.39 is 6.04 Å². The van der Waals surface area contributed by atoms with Gasteiger partial charge in [0, 0.05) is 17.6 Å². The minimum absolute atomic E-state index is 0.120. The molecule has 0 saturated heterocycles. The Morgan fingerprint density at radius 1 is 1.17 bits per heavy atom. The lowest BCUT2D eigenvalue weighted by atomic mass is 10.1. The number of halogens is 1. The van der Waals surface area contributed by atoms with Crippen LogP contribution in [0.15, 0.2) is 48.5 Å². The number of hydrogen-bond acceptors (Lipinski definition) is 3. The monoisotopic (exact) mass is 428 g/mol. The Kier molecular flexibility index (Phi) is 7.75. The molecule has 2 aromatic carbocycles. The summed E-state index contributed by atoms with van der Waals surface area (Å²) in [5.41, 5.74) is 2.09. The van der Waals surface area contributed by atoms with Crippen molar-refractivity contribution in [1.82, 2.24) is 10.2 Å². The molecule has 0 bridgehead atoms. The van der Waals surface area contributed by atoms with Gasteiger partial charge in [-0.05, 0) is 50.5 Å². The molecule has 1 aliphatic carbocycles. The van der Waals surface area contributed by atoms with E-state index in [-0.39, 0.29) is 24.5 Å². The molecule has 1 atom stereocenters. The van der Waals surface area contributed by atoms with Gasteiger partial charge in [-0.3, -0.25) is 9.59 Å². The molecule has 0 heterocycles. The predicted octanol–water partition coefficient (Wildman–Crippen LogP) is 4.50. The number of ether oxygens (including phenoxy) is 1. The van der Waals surface area contributed by atoms with E-state index in [1.165, 1.54) is 0 Å². The summed E-state index contributed by atoms with van der Waals surface area (Å²) in [5, 5.41) is 3.64. The average molecular weight is 429 g/mol. The molecule has 2 amide bonds. The molecular formula is C24H29ClN2O3. The first-order chi connectivity index (χ1) is 14.4. The highest BCUT2D eigenvalue weighted by molar-refractivity contribution is 6.30. The highest BCUT2D eigenvalue weighted by atomic mass is 35.5. The molecule has 2 aromatic rings. The summed E-state index contributed by atoms with van der Waals surface area (Å²) in [6.07, 6.45) is 4.28. The Hall–Kier alpha value is -2.53. The third-order valence-corrected chi connectivity index (χ3v) is 5.70. The largest absolute Gasteiger partial charge is 0.484 e. The van der Waals surface area contributed by atoms with Gasteiger partial charge in [0.15, 0.2) is 6.61 Å². The maximum atomic E-state index is 13.1. The zero-order chi connectivity index (χ0) is 21.5. The molecule has 1 N–H and O–H groups in total. The first-order valence-electron chi connectivity index (χ1n) is 10.5. The van der Waals surface area contributed by atoms with Gasteiger partial charge in [-0.2, -0.15) is 0 Å². The second-order valence-corrected chi connectivity index (χ2v) is 8.36. The summed E-state index contributed by atoms with van der Waals surface area (Å²) >= 11 is 5.99. The number of amides is 2. The van der Waals surface area contributed by atoms with Gasteiger partial charge in [-0.15, -0.1) is 0 Å². The van der Waals surface area contributed by atoms with Crippen LogP contribution in [0.5, 0.6) is 5.75 Å². The smallest absolute Gasteiger partial charge is 0.261 e. The number of rotatable bonds is 8. The van der Waals surface area contributed by atoms with Crippen molar-refractivity contribution < 1.29 is 14.3 Å². The van der Waals surface area contributed by atoms with Crippen molar-refractivity contribution in [1.29, 1.82) is 0 Å². The Bertz CT molecular complexity index is 880. The van der Waals surface area contributed by atoms with Crippen molar-refractivity contribution in [2.24, 2.45) is 0 Å². The number of nitrogens with zero attached hydrogens (tertiary/aromatic N) is 1. The van der Waals surface area contributed by atoms with Gasteiger partial charge >= 0.3 is 0 Å². The number of carbonyl (C=O) groups is 2. The van der Waals surface area contributed by atoms with E-state index in [0.717, 1.165) is 36.8 Å². The lowest BCUT2D eigenvalue weighted by molar-refractivity contribution is -0.142. The number of hydrogen-bond donors (Lipinski definition) is 1. The Morgan fingerprint density at radius 3 is 2.60 bits per heavy atom. The summed E-state index contributed by atoms with van der Waals surface area (Å²) < 4.78 is 5.65. The zero-order valence-electron chi connectivity index (χ0n) is 17.6. The van der Waals surface area contributed by atoms with E-state index in [1.54, 1.807) is 36.1 Å². The van der Waals surface area contributed by atoms with Crippen LogP contribution in [-0.2, 0) is 16.1 Å². The van der Waals surface area contributed by atoms with Gasteiger partial charge in [-0.1, -0.05) is 60.3 Å². The Morgan fingerprint density at radius 2 is 1.90 bits per heavy atom. The van der Waals surface area contributed by atoms with Crippen LogP contribution >= 0.6 is 11.6 Å². The fourth-order valence-electron chi connectivity index (χ4n) is 3.77. The molecule has 1 fully saturated rings. The topological polar surface area (TPSA) is 58.6 Å². The van der Waals surface area contributed by atoms with Crippen molar-refractivity contribution in [3.63, 3.8) is 0 Å². The second kappa shape index (κ2) is 10.5. The van der Waals surface area contributed by atoms with E-state index in [0.29, 0.717) is 17.3 Å². The molecule has 160 valence electrons. The average Bonchev–Trinajstić information content (AvgIpc) is 3.23. The molecule has 3 rings (SSSR count). The number of benzene rings is 2. The normalized spacial score (nSPS) is 14.9. The third kappa shape index (κ3) is 6.23. The van der Waals surface area contributed by atoms with Gasteiger partial charge in [0.25, 0.3) is 5.91 Å². The van der Waals surface area contributed by atoms with Gasteiger partial charge in [0.05, 0.1) is 0 Å². The highest BCUT2D eigenvalue weighted by Gasteiger charge is 2.28. The van der Waals surface area contributed by atoms with Crippen LogP contribution in [-0.4, -0.2) is 35.4 Å². The van der Waals surface area contributed by atoms with Crippen LogP contribution in [0, 0.1) is 6.92 Å². The molecule has 0 spiro atoms. The molecule has 1 saturated carbocycles. The van der Waals surface area contributed by atoms with Crippen LogP contribution in [0.4, 0.5) is 0 Å². The van der Waals surface area contributed by atoms with Crippen LogP contribution in [0.2, 0.25) is 5.02 Å². The fourth-order valence-corrected chi connectivity index (χ4v) is 3.95. The molecule has 1 unspecified atom stereocenters. The molecular weight excluding hydrogens is 400 g/mol. The summed E-state index contributed by atoms with van der Waals surface area (Å²) in [6, 6.07) is 14.5. The second-order valence-electron chi connectivity index (χ2n) is 7.92. The van der Waals surface area contributed by atoms with Crippen LogP contribution in [0.3, 0.4) is 0 Å². The summed E-state index contributed by atoms with van der Waals surface area (Å²) in [6.45, 7) is 3.97. The van der Waals surface area contributed by atoms with Crippen LogP contribution < -0.4 is 10.1 Å². The van der Waals surface area contributed by atoms with Gasteiger partial charge in [0.2, 0.25) is 5.91 Å². The van der Waals surface area contributed by atoms with Gasteiger partial charge < -0.3 is 15.0 Å². The molecule has 0 aromatic heterocycles. The number of aryl methyl sites for hydroxylation is 1. The van der Waals surface area contributed by atoms with Gasteiger partial charge in [-0.25, -0.2) is 0 Å². The van der Waals surface area contributed by atoms with Crippen molar-refractivity contribution in [3.8, 4) is 5.75 Å². The van der Waals surface area contributed by atoms with Crippen LogP contribution in [0.25, 0.3) is 0 Å². The van der Waals surface area contributed by atoms with E-state index in [1.807, 2.05) is 31.2 Å². The van der Waals surface area contributed by atoms with E-state index in [4.69, 9.17) is 16.3 Å². The third-order valence-electron chi connectivity index (χ3n) is 5.46. The van der Waals surface area contributed by atoms with Crippen molar-refractivity contribution in [2.45, 2.75) is 58.2 Å². The summed E-state index contributed by atoms with van der Waals surface area (Å²) in [5.74, 6) is 0.158. The number of carbonyl (C=O) groups excluding carboxylic acids is 2. The van der Waals surface area contributed by atoms with E-state index >= 15 is 0 Å². The van der Waals surface area contributed by atoms with Crippen molar-refractivity contribution in [3.05, 3.63) is 64.7 Å². The first-order valence-corrected chi connectivity index (χ1v) is 10.8. The SMILES string of the molecule is Cc1cccc(CN(C(=O)COc2cccc(Cl)c2)C(C)C(=O)NC2CCCC2)c1. The molecule has 1 aliphatic rings. The van der Waals surface area contributed by atoms with Crippen molar-refractivity contribution >= 4 is 23.4 Å². The minimum Gasteiger partial charge on any atom is -0.484 e. The maximum absolute atomic E-state index is 13.1. The first kappa shape index (κ1) is 22.2. The molecule has 30 heavy (non-hydrogen) atoms. The standard InChI is InChI=1S/C24H29ClN2O3/c1-17-7-5-8-19(13-17)15-27(18(2)24(29)26-21-10-3-4-11-21)23(28)16-30-22-12-6-9-20(25)14-22/h5-9,12-14,18,21H,3-4,10-11,15-16H2,1-2H3,(H,26,29). The molecule has 0 radical (unpaired) electrons. The van der Waals surface area contributed by atoms with Gasteiger partial charge in [0.1, 0.15) is 11.8 Å². The van der Waals surface area contributed by atoms with E-state index in [9.17, 15) is 9.59 Å². The summed E-state index contributed by atoms with van der Waals surface area (Å²) in [7, 11) is 0. The van der Waals surface area contributed by atoms with E-state index in [2.05, 4.69) is 5.32 Å². The molecule has 5 nitrogen and oxygen atoms in total. The minimum atomic E-state index is -0.596. The Labute approximate surface area is 183 Å². The summed E-state index contributed by atoms with van der Waals surface area (Å²) in [4.78, 5) is 27.5. The molecule has 0 aliphatic heterocycles. The van der Waals surface area contributed by atoms with Crippen LogP contribution in [0.1, 0.15) is 43.7 Å². The predicted molar refractivity (Wildman–Crippen MR) is 119 cm³/mol. The molecule has 6 heteroatoms. The lowest BCUT2D eigenvalue weighted by Gasteiger charge is -2.29. The maximum Gasteiger partial charge on any atom is 0.261 e. The quantitative estimate of drug-likeness (QED) is 0.673. The Balaban J connectivity index is 1.71. The fraction of sp³-hybridized carbons (Fsp3) is 0.417. The van der Waals surface area contributed by atoms with Crippen molar-refractivity contribution in [2.75, 3.05) is 6.61 Å².